The Morgan fingerprint density at radius 2 is 1.18 bits per heavy atom. The van der Waals surface area contributed by atoms with Gasteiger partial charge in [0.2, 0.25) is 0 Å². The van der Waals surface area contributed by atoms with Crippen LogP contribution < -0.4 is 0 Å². The van der Waals surface area contributed by atoms with Crippen LogP contribution in [0, 0.1) is 13.8 Å². The summed E-state index contributed by atoms with van der Waals surface area (Å²) in [6, 6.07) is 0. The standard InChI is InChI=1S/C29H32O4/c1-14-7-5-9-18-22(14)20(24-16(3)12-32-28(24)26(18)30)11-21-23-15(2)8-6-10-19(23)27(31)29-25(21)17(4)13-33-29/h12-15,30-31H,5-11H2,1-4H3/t14-,15-/m0/s1. The molecular formula is C29H32O4. The van der Waals surface area contributed by atoms with Crippen molar-refractivity contribution in [1.29, 1.82) is 0 Å². The topological polar surface area (TPSA) is 66.7 Å². The molecule has 0 amide bonds. The van der Waals surface area contributed by atoms with E-state index in [0.717, 1.165) is 78.0 Å². The number of phenols is 2. The second kappa shape index (κ2) is 7.31. The average molecular weight is 445 g/mol. The Hall–Kier alpha value is -2.88. The molecule has 33 heavy (non-hydrogen) atoms. The molecule has 172 valence electrons. The molecule has 2 aromatic heterocycles. The minimum Gasteiger partial charge on any atom is -0.504 e. The first-order valence-corrected chi connectivity index (χ1v) is 12.4. The molecule has 4 nitrogen and oxygen atoms in total. The van der Waals surface area contributed by atoms with Gasteiger partial charge in [-0.25, -0.2) is 0 Å². The molecule has 0 saturated carbocycles. The summed E-state index contributed by atoms with van der Waals surface area (Å²) < 4.78 is 11.8. The molecule has 0 radical (unpaired) electrons. The molecule has 0 saturated heterocycles. The van der Waals surface area contributed by atoms with Crippen LogP contribution in [0.2, 0.25) is 0 Å². The van der Waals surface area contributed by atoms with Crippen LogP contribution in [0.15, 0.2) is 21.4 Å². The number of aryl methyl sites for hydroxylation is 2. The zero-order chi connectivity index (χ0) is 23.0. The molecule has 6 rings (SSSR count). The van der Waals surface area contributed by atoms with Gasteiger partial charge in [-0.15, -0.1) is 0 Å². The van der Waals surface area contributed by atoms with E-state index in [0.29, 0.717) is 34.5 Å². The van der Waals surface area contributed by atoms with Gasteiger partial charge in [-0.1, -0.05) is 13.8 Å². The highest BCUT2D eigenvalue weighted by molar-refractivity contribution is 5.95. The maximum atomic E-state index is 11.1. The van der Waals surface area contributed by atoms with Gasteiger partial charge in [0, 0.05) is 21.9 Å². The molecule has 4 heteroatoms. The maximum Gasteiger partial charge on any atom is 0.176 e. The highest BCUT2D eigenvalue weighted by Gasteiger charge is 2.32. The van der Waals surface area contributed by atoms with Gasteiger partial charge < -0.3 is 19.0 Å². The van der Waals surface area contributed by atoms with E-state index in [1.54, 1.807) is 12.5 Å². The minimum absolute atomic E-state index is 0.328. The lowest BCUT2D eigenvalue weighted by Gasteiger charge is -2.30. The first kappa shape index (κ1) is 20.7. The normalized spacial score (nSPS) is 20.4. The van der Waals surface area contributed by atoms with Gasteiger partial charge in [-0.3, -0.25) is 0 Å². The molecule has 2 aliphatic rings. The smallest absolute Gasteiger partial charge is 0.176 e. The number of rotatable bonds is 2. The Balaban J connectivity index is 1.71. The van der Waals surface area contributed by atoms with Gasteiger partial charge in [-0.2, -0.15) is 0 Å². The van der Waals surface area contributed by atoms with Crippen molar-refractivity contribution in [2.75, 3.05) is 0 Å². The third-order valence-electron chi connectivity index (χ3n) is 8.32. The number of furan rings is 2. The van der Waals surface area contributed by atoms with Crippen molar-refractivity contribution in [2.45, 2.75) is 84.5 Å². The first-order valence-electron chi connectivity index (χ1n) is 12.4. The van der Waals surface area contributed by atoms with E-state index in [1.165, 1.54) is 22.3 Å². The monoisotopic (exact) mass is 444 g/mol. The molecule has 2 aliphatic carbocycles. The molecule has 4 aromatic rings. The highest BCUT2D eigenvalue weighted by atomic mass is 16.4. The summed E-state index contributed by atoms with van der Waals surface area (Å²) in [5.41, 5.74) is 10.7. The van der Waals surface area contributed by atoms with Gasteiger partial charge in [-0.05, 0) is 104 Å². The lowest BCUT2D eigenvalue weighted by molar-refractivity contribution is 0.447. The van der Waals surface area contributed by atoms with Crippen molar-refractivity contribution in [1.82, 2.24) is 0 Å². The SMILES string of the molecule is Cc1coc2c(O)c3c(c(Cc4c5c(c(O)c6occ(C)c46)CCC[C@@H]5C)c12)[C@@H](C)CCC3. The fraction of sp³-hybridized carbons (Fsp3) is 0.448. The molecule has 2 atom stereocenters. The van der Waals surface area contributed by atoms with Crippen molar-refractivity contribution in [3.63, 3.8) is 0 Å². The summed E-state index contributed by atoms with van der Waals surface area (Å²) in [5.74, 6) is 1.43. The van der Waals surface area contributed by atoms with Crippen LogP contribution in [-0.2, 0) is 19.3 Å². The Kier molecular flexibility index (Phi) is 4.59. The van der Waals surface area contributed by atoms with Gasteiger partial charge in [0.1, 0.15) is 0 Å². The predicted octanol–water partition coefficient (Wildman–Crippen LogP) is 7.68. The molecule has 0 aliphatic heterocycles. The van der Waals surface area contributed by atoms with Crippen LogP contribution in [0.1, 0.15) is 95.9 Å². The van der Waals surface area contributed by atoms with Crippen LogP contribution in [0.25, 0.3) is 21.9 Å². The lowest BCUT2D eigenvalue weighted by atomic mass is 9.74. The van der Waals surface area contributed by atoms with Crippen LogP contribution in [0.3, 0.4) is 0 Å². The third kappa shape index (κ3) is 2.82. The largest absolute Gasteiger partial charge is 0.504 e. The molecule has 2 heterocycles. The fourth-order valence-corrected chi connectivity index (χ4v) is 6.85. The number of benzene rings is 2. The maximum absolute atomic E-state index is 11.1. The van der Waals surface area contributed by atoms with Crippen LogP contribution in [-0.4, -0.2) is 10.2 Å². The summed E-state index contributed by atoms with van der Waals surface area (Å²) >= 11 is 0. The second-order valence-corrected chi connectivity index (χ2v) is 10.4. The van der Waals surface area contributed by atoms with Gasteiger partial charge in [0.25, 0.3) is 0 Å². The summed E-state index contributed by atoms with van der Waals surface area (Å²) in [7, 11) is 0. The summed E-state index contributed by atoms with van der Waals surface area (Å²) in [6.45, 7) is 8.72. The number of hydrogen-bond donors (Lipinski definition) is 2. The molecule has 0 unspecified atom stereocenters. The van der Waals surface area contributed by atoms with Crippen LogP contribution >= 0.6 is 0 Å². The Morgan fingerprint density at radius 1 is 0.758 bits per heavy atom. The molecule has 2 N–H and O–H groups in total. The number of aromatic hydroxyl groups is 2. The Bertz CT molecular complexity index is 1310. The van der Waals surface area contributed by atoms with Crippen molar-refractivity contribution >= 4 is 21.9 Å². The molecule has 2 aromatic carbocycles. The average Bonchev–Trinajstić information content (AvgIpc) is 3.37. The van der Waals surface area contributed by atoms with E-state index in [1.807, 2.05) is 0 Å². The van der Waals surface area contributed by atoms with Crippen molar-refractivity contribution in [3.8, 4) is 11.5 Å². The quantitative estimate of drug-likeness (QED) is 0.333. The van der Waals surface area contributed by atoms with Crippen LogP contribution in [0.5, 0.6) is 11.5 Å². The van der Waals surface area contributed by atoms with Crippen molar-refractivity contribution < 1.29 is 19.0 Å². The van der Waals surface area contributed by atoms with Gasteiger partial charge in [0.05, 0.1) is 12.5 Å². The highest BCUT2D eigenvalue weighted by Crippen LogP contribution is 2.49. The summed E-state index contributed by atoms with van der Waals surface area (Å²) in [5, 5.41) is 24.4. The summed E-state index contributed by atoms with van der Waals surface area (Å²) in [6.07, 6.45) is 10.5. The van der Waals surface area contributed by atoms with E-state index in [4.69, 9.17) is 8.83 Å². The molecular weight excluding hydrogens is 412 g/mol. The lowest BCUT2D eigenvalue weighted by Crippen LogP contribution is -2.15. The zero-order valence-electron chi connectivity index (χ0n) is 20.0. The number of fused-ring (bicyclic) bond motifs is 4. The number of hydrogen-bond acceptors (Lipinski definition) is 4. The first-order chi connectivity index (χ1) is 15.9. The van der Waals surface area contributed by atoms with Gasteiger partial charge in [0.15, 0.2) is 22.7 Å². The summed E-state index contributed by atoms with van der Waals surface area (Å²) in [4.78, 5) is 0. The molecule has 0 fully saturated rings. The molecule has 0 spiro atoms. The third-order valence-corrected chi connectivity index (χ3v) is 8.32. The fourth-order valence-electron chi connectivity index (χ4n) is 6.85. The number of phenolic OH excluding ortho intramolecular Hbond substituents is 2. The second-order valence-electron chi connectivity index (χ2n) is 10.4. The van der Waals surface area contributed by atoms with Crippen molar-refractivity contribution in [2.24, 2.45) is 0 Å². The Morgan fingerprint density at radius 3 is 1.61 bits per heavy atom. The van der Waals surface area contributed by atoms with E-state index in [9.17, 15) is 10.2 Å². The minimum atomic E-state index is 0.328. The van der Waals surface area contributed by atoms with Crippen molar-refractivity contribution in [3.05, 3.63) is 57.0 Å². The zero-order valence-corrected chi connectivity index (χ0v) is 20.0. The predicted molar refractivity (Wildman–Crippen MR) is 131 cm³/mol. The van der Waals surface area contributed by atoms with E-state index < -0.39 is 0 Å². The van der Waals surface area contributed by atoms with E-state index in [2.05, 4.69) is 27.7 Å². The van der Waals surface area contributed by atoms with E-state index in [-0.39, 0.29) is 0 Å². The van der Waals surface area contributed by atoms with Gasteiger partial charge >= 0.3 is 0 Å². The molecule has 0 bridgehead atoms. The van der Waals surface area contributed by atoms with Crippen LogP contribution in [0.4, 0.5) is 0 Å². The van der Waals surface area contributed by atoms with E-state index >= 15 is 0 Å². The Labute approximate surface area is 194 Å².